The second-order valence-corrected chi connectivity index (χ2v) is 6.23. The summed E-state index contributed by atoms with van der Waals surface area (Å²) in [6.45, 7) is 6.08. The standard InChI is InChI=1S/C13H22N2O2S/c1-4-5-6-9-15-18(16,17)13-10(2)7-8-12(14)11(13)3/h7-8,15H,4-6,9,14H2,1-3H3. The van der Waals surface area contributed by atoms with E-state index < -0.39 is 10.0 Å². The van der Waals surface area contributed by atoms with E-state index in [1.165, 1.54) is 0 Å². The second-order valence-electron chi connectivity index (χ2n) is 4.53. The van der Waals surface area contributed by atoms with Crippen LogP contribution in [0.15, 0.2) is 17.0 Å². The molecule has 0 bridgehead atoms. The number of nitrogens with two attached hydrogens (primary N) is 1. The van der Waals surface area contributed by atoms with Crippen LogP contribution in [0.4, 0.5) is 5.69 Å². The van der Waals surface area contributed by atoms with E-state index in [0.717, 1.165) is 24.8 Å². The molecule has 0 fully saturated rings. The summed E-state index contributed by atoms with van der Waals surface area (Å²) in [4.78, 5) is 0.319. The van der Waals surface area contributed by atoms with Gasteiger partial charge in [0, 0.05) is 12.2 Å². The van der Waals surface area contributed by atoms with E-state index in [2.05, 4.69) is 11.6 Å². The third kappa shape index (κ3) is 3.46. The number of benzene rings is 1. The quantitative estimate of drug-likeness (QED) is 0.615. The highest BCUT2D eigenvalue weighted by atomic mass is 32.2. The molecule has 5 heteroatoms. The molecule has 0 amide bonds. The van der Waals surface area contributed by atoms with Gasteiger partial charge in [-0.1, -0.05) is 25.8 Å². The van der Waals surface area contributed by atoms with E-state index in [-0.39, 0.29) is 0 Å². The van der Waals surface area contributed by atoms with Crippen LogP contribution in [0.1, 0.15) is 37.3 Å². The molecule has 0 spiro atoms. The fourth-order valence-electron chi connectivity index (χ4n) is 1.91. The Labute approximate surface area is 110 Å². The lowest BCUT2D eigenvalue weighted by atomic mass is 10.1. The van der Waals surface area contributed by atoms with E-state index in [1.807, 2.05) is 0 Å². The van der Waals surface area contributed by atoms with Gasteiger partial charge in [-0.15, -0.1) is 0 Å². The van der Waals surface area contributed by atoms with Gasteiger partial charge in [-0.25, -0.2) is 13.1 Å². The molecule has 0 radical (unpaired) electrons. The van der Waals surface area contributed by atoms with Crippen molar-refractivity contribution in [1.82, 2.24) is 4.72 Å². The molecule has 0 aliphatic carbocycles. The van der Waals surface area contributed by atoms with Gasteiger partial charge < -0.3 is 5.73 Å². The molecule has 0 aliphatic heterocycles. The van der Waals surface area contributed by atoms with Gasteiger partial charge in [0.1, 0.15) is 0 Å². The van der Waals surface area contributed by atoms with Crippen LogP contribution in [0.5, 0.6) is 0 Å². The topological polar surface area (TPSA) is 72.2 Å². The predicted molar refractivity (Wildman–Crippen MR) is 75.0 cm³/mol. The van der Waals surface area contributed by atoms with Gasteiger partial charge >= 0.3 is 0 Å². The third-order valence-electron chi connectivity index (χ3n) is 2.99. The normalized spacial score (nSPS) is 11.7. The van der Waals surface area contributed by atoms with Crippen LogP contribution in [-0.2, 0) is 10.0 Å². The summed E-state index contributed by atoms with van der Waals surface area (Å²) in [7, 11) is -3.45. The van der Waals surface area contributed by atoms with Crippen LogP contribution in [0, 0.1) is 13.8 Å². The number of unbranched alkanes of at least 4 members (excludes halogenated alkanes) is 2. The van der Waals surface area contributed by atoms with Gasteiger partial charge in [-0.2, -0.15) is 0 Å². The number of nitrogens with one attached hydrogen (secondary N) is 1. The van der Waals surface area contributed by atoms with Crippen molar-refractivity contribution in [2.45, 2.75) is 44.9 Å². The summed E-state index contributed by atoms with van der Waals surface area (Å²) in [5.41, 5.74) is 7.63. The van der Waals surface area contributed by atoms with Crippen LogP contribution in [-0.4, -0.2) is 15.0 Å². The zero-order chi connectivity index (χ0) is 13.8. The van der Waals surface area contributed by atoms with Crippen LogP contribution in [0.25, 0.3) is 0 Å². The average molecular weight is 270 g/mol. The van der Waals surface area contributed by atoms with Crippen molar-refractivity contribution in [3.05, 3.63) is 23.3 Å². The molecule has 0 saturated heterocycles. The maximum absolute atomic E-state index is 12.2. The zero-order valence-electron chi connectivity index (χ0n) is 11.3. The molecule has 0 unspecified atom stereocenters. The van der Waals surface area contributed by atoms with Crippen molar-refractivity contribution in [3.8, 4) is 0 Å². The monoisotopic (exact) mass is 270 g/mol. The van der Waals surface area contributed by atoms with Crippen LogP contribution >= 0.6 is 0 Å². The minimum absolute atomic E-state index is 0.319. The zero-order valence-corrected chi connectivity index (χ0v) is 12.1. The molecule has 1 rings (SSSR count). The smallest absolute Gasteiger partial charge is 0.241 e. The first kappa shape index (κ1) is 15.0. The van der Waals surface area contributed by atoms with Crippen molar-refractivity contribution < 1.29 is 8.42 Å². The lowest BCUT2D eigenvalue weighted by molar-refractivity contribution is 0.575. The Bertz CT molecular complexity index is 510. The number of anilines is 1. The van der Waals surface area contributed by atoms with Crippen molar-refractivity contribution in [3.63, 3.8) is 0 Å². The molecule has 0 aliphatic rings. The van der Waals surface area contributed by atoms with Crippen LogP contribution < -0.4 is 10.5 Å². The Balaban J connectivity index is 2.95. The Hall–Kier alpha value is -1.07. The minimum Gasteiger partial charge on any atom is -0.398 e. The Kier molecular flexibility index (Phi) is 5.16. The molecule has 0 aromatic heterocycles. The fourth-order valence-corrected chi connectivity index (χ4v) is 3.48. The summed E-state index contributed by atoms with van der Waals surface area (Å²) in [5.74, 6) is 0. The first-order chi connectivity index (χ1) is 8.40. The van der Waals surface area contributed by atoms with Gasteiger partial charge in [0.15, 0.2) is 0 Å². The van der Waals surface area contributed by atoms with E-state index in [1.54, 1.807) is 26.0 Å². The summed E-state index contributed by atoms with van der Waals surface area (Å²) >= 11 is 0. The van der Waals surface area contributed by atoms with Crippen LogP contribution in [0.2, 0.25) is 0 Å². The molecule has 0 heterocycles. The maximum atomic E-state index is 12.2. The van der Waals surface area contributed by atoms with Crippen molar-refractivity contribution >= 4 is 15.7 Å². The Morgan fingerprint density at radius 2 is 1.89 bits per heavy atom. The molecule has 0 atom stereocenters. The lowest BCUT2D eigenvalue weighted by Gasteiger charge is -2.13. The molecule has 4 nitrogen and oxygen atoms in total. The van der Waals surface area contributed by atoms with Gasteiger partial charge in [0.2, 0.25) is 10.0 Å². The summed E-state index contributed by atoms with van der Waals surface area (Å²) in [6, 6.07) is 3.48. The number of hydrogen-bond donors (Lipinski definition) is 2. The third-order valence-corrected chi connectivity index (χ3v) is 4.74. The molecule has 1 aromatic carbocycles. The highest BCUT2D eigenvalue weighted by molar-refractivity contribution is 7.89. The lowest BCUT2D eigenvalue weighted by Crippen LogP contribution is -2.26. The highest BCUT2D eigenvalue weighted by Crippen LogP contribution is 2.24. The summed E-state index contributed by atoms with van der Waals surface area (Å²) < 4.78 is 27.1. The number of rotatable bonds is 6. The first-order valence-electron chi connectivity index (χ1n) is 6.25. The molecular formula is C13H22N2O2S. The number of nitrogen functional groups attached to an aromatic ring is 1. The van der Waals surface area contributed by atoms with Gasteiger partial charge in [0.25, 0.3) is 0 Å². The molecule has 102 valence electrons. The van der Waals surface area contributed by atoms with E-state index >= 15 is 0 Å². The predicted octanol–water partition coefficient (Wildman–Crippen LogP) is 2.35. The molecule has 1 aromatic rings. The van der Waals surface area contributed by atoms with E-state index in [4.69, 9.17) is 5.73 Å². The fraction of sp³-hybridized carbons (Fsp3) is 0.538. The van der Waals surface area contributed by atoms with Crippen molar-refractivity contribution in [1.29, 1.82) is 0 Å². The number of aryl methyl sites for hydroxylation is 1. The SMILES string of the molecule is CCCCCNS(=O)(=O)c1c(C)ccc(N)c1C. The van der Waals surface area contributed by atoms with Gasteiger partial charge in [0.05, 0.1) is 4.90 Å². The molecule has 18 heavy (non-hydrogen) atoms. The van der Waals surface area contributed by atoms with E-state index in [0.29, 0.717) is 22.7 Å². The first-order valence-corrected chi connectivity index (χ1v) is 7.73. The highest BCUT2D eigenvalue weighted by Gasteiger charge is 2.19. The molecule has 3 N–H and O–H groups in total. The van der Waals surface area contributed by atoms with Crippen molar-refractivity contribution in [2.24, 2.45) is 0 Å². The minimum atomic E-state index is -3.45. The number of hydrogen-bond acceptors (Lipinski definition) is 3. The largest absolute Gasteiger partial charge is 0.398 e. The summed E-state index contributed by atoms with van der Waals surface area (Å²) in [5, 5.41) is 0. The molecular weight excluding hydrogens is 248 g/mol. The van der Waals surface area contributed by atoms with Gasteiger partial charge in [-0.05, 0) is 37.5 Å². The number of sulfonamides is 1. The average Bonchev–Trinajstić information content (AvgIpc) is 2.30. The Morgan fingerprint density at radius 3 is 2.50 bits per heavy atom. The second kappa shape index (κ2) is 6.20. The van der Waals surface area contributed by atoms with Crippen molar-refractivity contribution in [2.75, 3.05) is 12.3 Å². The van der Waals surface area contributed by atoms with E-state index in [9.17, 15) is 8.42 Å². The Morgan fingerprint density at radius 1 is 1.22 bits per heavy atom. The molecule has 0 saturated carbocycles. The maximum Gasteiger partial charge on any atom is 0.241 e. The van der Waals surface area contributed by atoms with Crippen LogP contribution in [0.3, 0.4) is 0 Å². The van der Waals surface area contributed by atoms with Gasteiger partial charge in [-0.3, -0.25) is 0 Å². The summed E-state index contributed by atoms with van der Waals surface area (Å²) in [6.07, 6.45) is 2.95.